The summed E-state index contributed by atoms with van der Waals surface area (Å²) in [5.74, 6) is 6.62. The zero-order chi connectivity index (χ0) is 18.5. The minimum atomic E-state index is -0.272. The highest BCUT2D eigenvalue weighted by Crippen LogP contribution is 2.89. The highest BCUT2D eigenvalue weighted by molar-refractivity contribution is 5.79. The van der Waals surface area contributed by atoms with Gasteiger partial charge >= 0.3 is 0 Å². The van der Waals surface area contributed by atoms with Crippen molar-refractivity contribution in [2.75, 3.05) is 13.1 Å². The molecule has 146 valence electrons. The van der Waals surface area contributed by atoms with E-state index in [-0.39, 0.29) is 11.6 Å². The van der Waals surface area contributed by atoms with Gasteiger partial charge in [0.05, 0.1) is 12.6 Å². The van der Waals surface area contributed by atoms with Crippen LogP contribution in [0.3, 0.4) is 0 Å². The van der Waals surface area contributed by atoms with Gasteiger partial charge in [-0.2, -0.15) is 0 Å². The lowest BCUT2D eigenvalue weighted by Crippen LogP contribution is -2.59. The molecule has 0 spiro atoms. The lowest BCUT2D eigenvalue weighted by atomic mass is 9.59. The highest BCUT2D eigenvalue weighted by atomic mass is 16.5. The number of rotatable bonds is 8. The minimum Gasteiger partial charge on any atom is -0.351 e. The van der Waals surface area contributed by atoms with Crippen LogP contribution in [0.15, 0.2) is 23.3 Å². The van der Waals surface area contributed by atoms with E-state index in [1.165, 1.54) is 17.6 Å². The molecule has 5 aliphatic carbocycles. The first-order chi connectivity index (χ1) is 13.0. The van der Waals surface area contributed by atoms with Gasteiger partial charge in [0, 0.05) is 18.4 Å². The van der Waals surface area contributed by atoms with E-state index in [2.05, 4.69) is 43.6 Å². The van der Waals surface area contributed by atoms with Gasteiger partial charge in [0.2, 0.25) is 5.91 Å². The Bertz CT molecular complexity index is 743. The summed E-state index contributed by atoms with van der Waals surface area (Å²) in [4.78, 5) is 12.7. The molecule has 5 saturated carbocycles. The molecule has 4 nitrogen and oxygen atoms in total. The first-order valence-electron chi connectivity index (χ1n) is 11.0. The van der Waals surface area contributed by atoms with Crippen molar-refractivity contribution in [3.63, 3.8) is 0 Å². The SMILES string of the molecule is CC(C)=CCC/C(C)=C/CNCC(=O)N[C@]12O[C@H]3C4C5CC(C6C5C3C61)C42. The van der Waals surface area contributed by atoms with Crippen LogP contribution in [-0.2, 0) is 9.53 Å². The number of amides is 1. The summed E-state index contributed by atoms with van der Waals surface area (Å²) in [5.41, 5.74) is 2.49. The Morgan fingerprint density at radius 2 is 1.93 bits per heavy atom. The second-order valence-electron chi connectivity index (χ2n) is 10.3. The van der Waals surface area contributed by atoms with Crippen LogP contribution in [0.25, 0.3) is 0 Å². The molecule has 10 atom stereocenters. The molecule has 7 rings (SSSR count). The van der Waals surface area contributed by atoms with Crippen molar-refractivity contribution in [1.82, 2.24) is 10.6 Å². The summed E-state index contributed by atoms with van der Waals surface area (Å²) >= 11 is 0. The van der Waals surface area contributed by atoms with E-state index in [1.807, 2.05) is 0 Å². The number of hydrogen-bond donors (Lipinski definition) is 2. The lowest BCUT2D eigenvalue weighted by molar-refractivity contribution is -0.132. The molecule has 4 bridgehead atoms. The monoisotopic (exact) mass is 368 g/mol. The fourth-order valence-electron chi connectivity index (χ4n) is 8.60. The van der Waals surface area contributed by atoms with E-state index in [0.29, 0.717) is 24.5 Å². The standard InChI is InChI=1S/C23H32N2O2/c1-11(2)5-4-6-12(3)7-8-24-10-15(26)25-23-20-14-9-13-16-17(14)21(23)19(16)22(27-23)18(13)20/h5,7,13-14,16-22,24H,4,6,8-10H2,1-3H3,(H,25,26)/b12-7+/t13?,14?,16?,17?,18?,19?,20?,21?,22-,23+/m0/s1. The van der Waals surface area contributed by atoms with Crippen LogP contribution in [0.5, 0.6) is 0 Å². The Morgan fingerprint density at radius 1 is 1.07 bits per heavy atom. The molecular formula is C23H32N2O2. The van der Waals surface area contributed by atoms with E-state index in [0.717, 1.165) is 54.9 Å². The number of carbonyl (C=O) groups is 1. The van der Waals surface area contributed by atoms with Gasteiger partial charge in [-0.05, 0) is 75.5 Å². The Kier molecular flexibility index (Phi) is 3.41. The van der Waals surface area contributed by atoms with Crippen LogP contribution in [0.2, 0.25) is 0 Å². The van der Waals surface area contributed by atoms with Crippen LogP contribution in [-0.4, -0.2) is 30.8 Å². The fraction of sp³-hybridized carbons (Fsp3) is 0.783. The summed E-state index contributed by atoms with van der Waals surface area (Å²) < 4.78 is 6.56. The van der Waals surface area contributed by atoms with Crippen LogP contribution in [0, 0.1) is 47.3 Å². The van der Waals surface area contributed by atoms with Gasteiger partial charge in [-0.3, -0.25) is 4.79 Å². The molecule has 0 aromatic heterocycles. The largest absolute Gasteiger partial charge is 0.351 e. The average Bonchev–Trinajstić information content (AvgIpc) is 3.25. The van der Waals surface area contributed by atoms with Gasteiger partial charge < -0.3 is 15.4 Å². The van der Waals surface area contributed by atoms with Crippen molar-refractivity contribution in [3.05, 3.63) is 23.3 Å². The second kappa shape index (κ2) is 5.48. The molecule has 7 fully saturated rings. The van der Waals surface area contributed by atoms with Crippen LogP contribution in [0.4, 0.5) is 0 Å². The summed E-state index contributed by atoms with van der Waals surface area (Å²) in [7, 11) is 0. The quantitative estimate of drug-likeness (QED) is 0.512. The predicted molar refractivity (Wildman–Crippen MR) is 104 cm³/mol. The molecule has 0 aromatic carbocycles. The predicted octanol–water partition coefficient (Wildman–Crippen LogP) is 2.87. The minimum absolute atomic E-state index is 0.124. The zero-order valence-electron chi connectivity index (χ0n) is 16.7. The Balaban J connectivity index is 1.02. The van der Waals surface area contributed by atoms with Gasteiger partial charge in [0.25, 0.3) is 0 Å². The molecule has 8 unspecified atom stereocenters. The van der Waals surface area contributed by atoms with E-state index in [4.69, 9.17) is 4.74 Å². The van der Waals surface area contributed by atoms with Crippen molar-refractivity contribution in [2.45, 2.75) is 51.9 Å². The Morgan fingerprint density at radius 3 is 2.74 bits per heavy atom. The number of carbonyl (C=O) groups excluding carboxylic acids is 1. The molecule has 4 heteroatoms. The highest BCUT2D eigenvalue weighted by Gasteiger charge is 2.93. The van der Waals surface area contributed by atoms with E-state index in [9.17, 15) is 4.79 Å². The molecule has 1 amide bonds. The molecule has 7 aliphatic rings. The van der Waals surface area contributed by atoms with Gasteiger partial charge in [0.1, 0.15) is 5.72 Å². The molecule has 2 saturated heterocycles. The third-order valence-corrected chi connectivity index (χ3v) is 9.01. The number of nitrogens with one attached hydrogen (secondary N) is 2. The van der Waals surface area contributed by atoms with Gasteiger partial charge in [-0.25, -0.2) is 0 Å². The third kappa shape index (κ3) is 1.94. The van der Waals surface area contributed by atoms with E-state index in [1.54, 1.807) is 0 Å². The van der Waals surface area contributed by atoms with Crippen LogP contribution < -0.4 is 10.6 Å². The van der Waals surface area contributed by atoms with Gasteiger partial charge in [-0.1, -0.05) is 23.3 Å². The third-order valence-electron chi connectivity index (χ3n) is 9.01. The summed E-state index contributed by atoms with van der Waals surface area (Å²) in [6, 6.07) is 0. The van der Waals surface area contributed by atoms with Crippen LogP contribution in [0.1, 0.15) is 40.0 Å². The van der Waals surface area contributed by atoms with Gasteiger partial charge in [-0.15, -0.1) is 0 Å². The number of ether oxygens (including phenoxy) is 1. The first-order valence-corrected chi connectivity index (χ1v) is 11.0. The second-order valence-corrected chi connectivity index (χ2v) is 10.3. The van der Waals surface area contributed by atoms with Crippen molar-refractivity contribution in [3.8, 4) is 0 Å². The van der Waals surface area contributed by atoms with Crippen molar-refractivity contribution < 1.29 is 9.53 Å². The van der Waals surface area contributed by atoms with Crippen molar-refractivity contribution in [1.29, 1.82) is 0 Å². The lowest BCUT2D eigenvalue weighted by Gasteiger charge is -2.45. The maximum atomic E-state index is 12.7. The maximum absolute atomic E-state index is 12.7. The summed E-state index contributed by atoms with van der Waals surface area (Å²) in [6.45, 7) is 7.61. The average molecular weight is 369 g/mol. The van der Waals surface area contributed by atoms with E-state index < -0.39 is 0 Å². The zero-order valence-corrected chi connectivity index (χ0v) is 16.7. The molecule has 2 aliphatic heterocycles. The van der Waals surface area contributed by atoms with Crippen LogP contribution >= 0.6 is 0 Å². The number of hydrogen-bond acceptors (Lipinski definition) is 3. The molecule has 2 heterocycles. The Hall–Kier alpha value is -1.13. The maximum Gasteiger partial charge on any atom is 0.236 e. The smallest absolute Gasteiger partial charge is 0.236 e. The van der Waals surface area contributed by atoms with Crippen molar-refractivity contribution in [2.24, 2.45) is 47.3 Å². The molecular weight excluding hydrogens is 336 g/mol. The van der Waals surface area contributed by atoms with Crippen molar-refractivity contribution >= 4 is 5.91 Å². The normalized spacial score (nSPS) is 51.4. The molecule has 2 N–H and O–H groups in total. The molecule has 27 heavy (non-hydrogen) atoms. The van der Waals surface area contributed by atoms with E-state index >= 15 is 0 Å². The van der Waals surface area contributed by atoms with Gasteiger partial charge in [0.15, 0.2) is 0 Å². The summed E-state index contributed by atoms with van der Waals surface area (Å²) in [6.07, 6.45) is 8.60. The first kappa shape index (κ1) is 16.8. The fourth-order valence-corrected chi connectivity index (χ4v) is 8.60. The molecule has 0 aromatic rings. The Labute approximate surface area is 162 Å². The topological polar surface area (TPSA) is 50.4 Å². The molecule has 0 radical (unpaired) electrons. The summed E-state index contributed by atoms with van der Waals surface area (Å²) in [5, 5.41) is 6.70. The number of allylic oxidation sites excluding steroid dienone is 3.